The topological polar surface area (TPSA) is 61.1 Å². The summed E-state index contributed by atoms with van der Waals surface area (Å²) in [6.45, 7) is 2.25. The molecule has 0 atom stereocenters. The molecule has 4 heterocycles. The molecular formula is C24H24Cl2N4O2. The van der Waals surface area contributed by atoms with Crippen LogP contribution < -0.4 is 15.6 Å². The van der Waals surface area contributed by atoms with Crippen LogP contribution in [0.15, 0.2) is 59.5 Å². The van der Waals surface area contributed by atoms with Gasteiger partial charge in [0.05, 0.1) is 0 Å². The highest BCUT2D eigenvalue weighted by Crippen LogP contribution is 2.27. The van der Waals surface area contributed by atoms with Gasteiger partial charge in [0, 0.05) is 42.0 Å². The Labute approximate surface area is 197 Å². The third-order valence-electron chi connectivity index (χ3n) is 5.78. The van der Waals surface area contributed by atoms with Crippen molar-refractivity contribution in [3.63, 3.8) is 0 Å². The van der Waals surface area contributed by atoms with E-state index in [9.17, 15) is 4.79 Å². The minimum atomic E-state index is -0.183. The van der Waals surface area contributed by atoms with E-state index in [0.717, 1.165) is 42.5 Å². The molecule has 0 spiro atoms. The second-order valence-electron chi connectivity index (χ2n) is 7.79. The molecule has 1 aliphatic heterocycles. The van der Waals surface area contributed by atoms with E-state index < -0.39 is 0 Å². The molecule has 3 aromatic heterocycles. The normalized spacial score (nSPS) is 13.3. The Morgan fingerprint density at radius 1 is 1.16 bits per heavy atom. The standard InChI is InChI=1S/C24H23ClN4O2.ClH/c1-28-21-3-2-11-26-14-20(21)19-8-9-22(27-24(19)28)29-12-10-18(13-23(29)30)31-15-16-4-6-17(25)7-5-16;/h4-10,12-13,26H,2-3,11,14-15H2,1H3;1H. The molecule has 0 unspecified atom stereocenters. The molecule has 1 N–H and O–H groups in total. The van der Waals surface area contributed by atoms with Gasteiger partial charge in [0.1, 0.15) is 23.8 Å². The lowest BCUT2D eigenvalue weighted by molar-refractivity contribution is 0.305. The number of aromatic nitrogens is 3. The van der Waals surface area contributed by atoms with Crippen molar-refractivity contribution in [2.45, 2.75) is 26.0 Å². The highest BCUT2D eigenvalue weighted by atomic mass is 35.5. The highest BCUT2D eigenvalue weighted by molar-refractivity contribution is 6.30. The lowest BCUT2D eigenvalue weighted by Gasteiger charge is -2.09. The highest BCUT2D eigenvalue weighted by Gasteiger charge is 2.18. The van der Waals surface area contributed by atoms with E-state index in [-0.39, 0.29) is 18.0 Å². The van der Waals surface area contributed by atoms with Crippen molar-refractivity contribution in [2.24, 2.45) is 7.05 Å². The third kappa shape index (κ3) is 4.26. The minimum absolute atomic E-state index is 0. The lowest BCUT2D eigenvalue weighted by Crippen LogP contribution is -2.18. The summed E-state index contributed by atoms with van der Waals surface area (Å²) in [5, 5.41) is 5.31. The number of hydrogen-bond donors (Lipinski definition) is 1. The first-order chi connectivity index (χ1) is 15.1. The Hall–Kier alpha value is -2.80. The number of hydrogen-bond acceptors (Lipinski definition) is 4. The number of ether oxygens (including phenoxy) is 1. The minimum Gasteiger partial charge on any atom is -0.489 e. The van der Waals surface area contributed by atoms with Crippen molar-refractivity contribution < 1.29 is 4.74 Å². The molecule has 4 aromatic rings. The van der Waals surface area contributed by atoms with E-state index >= 15 is 0 Å². The molecule has 166 valence electrons. The maximum absolute atomic E-state index is 12.8. The van der Waals surface area contributed by atoms with Crippen molar-refractivity contribution in [3.8, 4) is 11.6 Å². The largest absolute Gasteiger partial charge is 0.489 e. The monoisotopic (exact) mass is 470 g/mol. The molecule has 0 radical (unpaired) electrons. The van der Waals surface area contributed by atoms with Crippen molar-refractivity contribution in [3.05, 3.63) is 86.9 Å². The van der Waals surface area contributed by atoms with Crippen LogP contribution in [0.5, 0.6) is 5.75 Å². The van der Waals surface area contributed by atoms with Gasteiger partial charge in [-0.1, -0.05) is 23.7 Å². The number of pyridine rings is 2. The fraction of sp³-hybridized carbons (Fsp3) is 0.250. The summed E-state index contributed by atoms with van der Waals surface area (Å²) >= 11 is 5.91. The Kier molecular flexibility index (Phi) is 6.55. The third-order valence-corrected chi connectivity index (χ3v) is 6.03. The van der Waals surface area contributed by atoms with Crippen LogP contribution in [0, 0.1) is 0 Å². The average molecular weight is 471 g/mol. The molecule has 0 aliphatic carbocycles. The number of nitrogens with zero attached hydrogens (tertiary/aromatic N) is 3. The first-order valence-corrected chi connectivity index (χ1v) is 10.8. The number of benzene rings is 1. The van der Waals surface area contributed by atoms with Gasteiger partial charge >= 0.3 is 0 Å². The van der Waals surface area contributed by atoms with Crippen molar-refractivity contribution in [1.29, 1.82) is 0 Å². The lowest BCUT2D eigenvalue weighted by atomic mass is 10.1. The van der Waals surface area contributed by atoms with Crippen LogP contribution in [0.3, 0.4) is 0 Å². The smallest absolute Gasteiger partial charge is 0.259 e. The fourth-order valence-electron chi connectivity index (χ4n) is 4.15. The molecule has 1 aromatic carbocycles. The molecule has 0 saturated heterocycles. The van der Waals surface area contributed by atoms with Crippen LogP contribution >= 0.6 is 24.0 Å². The molecule has 1 aliphatic rings. The zero-order valence-electron chi connectivity index (χ0n) is 17.7. The molecule has 8 heteroatoms. The summed E-state index contributed by atoms with van der Waals surface area (Å²) in [5.74, 6) is 1.12. The van der Waals surface area contributed by atoms with Gasteiger partial charge in [-0.3, -0.25) is 9.36 Å². The maximum Gasteiger partial charge on any atom is 0.259 e. The second-order valence-corrected chi connectivity index (χ2v) is 8.23. The first kappa shape index (κ1) is 22.4. The van der Waals surface area contributed by atoms with E-state index in [1.807, 2.05) is 30.3 Å². The molecular weight excluding hydrogens is 447 g/mol. The molecule has 0 bridgehead atoms. The zero-order valence-corrected chi connectivity index (χ0v) is 19.2. The SMILES string of the molecule is Cl.Cn1c2c(c3ccc(-n4ccc(OCc5ccc(Cl)cc5)cc4=O)nc31)CNCCC2. The van der Waals surface area contributed by atoms with Crippen molar-refractivity contribution >= 4 is 35.0 Å². The summed E-state index contributed by atoms with van der Waals surface area (Å²) in [4.78, 5) is 17.6. The molecule has 5 rings (SSSR count). The van der Waals surface area contributed by atoms with E-state index in [2.05, 4.69) is 23.0 Å². The van der Waals surface area contributed by atoms with E-state index in [1.165, 1.54) is 17.3 Å². The van der Waals surface area contributed by atoms with Gasteiger partial charge in [0.25, 0.3) is 5.56 Å². The van der Waals surface area contributed by atoms with Crippen molar-refractivity contribution in [1.82, 2.24) is 19.4 Å². The summed E-state index contributed by atoms with van der Waals surface area (Å²) in [6.07, 6.45) is 3.86. The van der Waals surface area contributed by atoms with Crippen LogP contribution in [0.1, 0.15) is 23.2 Å². The predicted octanol–water partition coefficient (Wildman–Crippen LogP) is 4.41. The van der Waals surface area contributed by atoms with Gasteiger partial charge in [-0.15, -0.1) is 12.4 Å². The van der Waals surface area contributed by atoms with E-state index in [0.29, 0.717) is 23.2 Å². The van der Waals surface area contributed by atoms with Crippen molar-refractivity contribution in [2.75, 3.05) is 6.54 Å². The van der Waals surface area contributed by atoms with Gasteiger partial charge in [0.15, 0.2) is 0 Å². The van der Waals surface area contributed by atoms with Crippen LogP contribution in [-0.2, 0) is 26.6 Å². The number of aryl methyl sites for hydroxylation is 1. The summed E-state index contributed by atoms with van der Waals surface area (Å²) in [5.41, 5.74) is 4.34. The number of nitrogens with one attached hydrogen (secondary N) is 1. The molecule has 0 amide bonds. The molecule has 6 nitrogen and oxygen atoms in total. The number of rotatable bonds is 4. The first-order valence-electron chi connectivity index (χ1n) is 10.4. The van der Waals surface area contributed by atoms with Crippen LogP contribution in [0.2, 0.25) is 5.02 Å². The summed E-state index contributed by atoms with van der Waals surface area (Å²) in [6, 6.07) is 14.7. The quantitative estimate of drug-likeness (QED) is 0.479. The van der Waals surface area contributed by atoms with Gasteiger partial charge in [-0.05, 0) is 60.8 Å². The summed E-state index contributed by atoms with van der Waals surface area (Å²) in [7, 11) is 2.06. The fourth-order valence-corrected chi connectivity index (χ4v) is 4.27. The van der Waals surface area contributed by atoms with Crippen LogP contribution in [0.25, 0.3) is 16.9 Å². The summed E-state index contributed by atoms with van der Waals surface area (Å²) < 4.78 is 9.48. The predicted molar refractivity (Wildman–Crippen MR) is 129 cm³/mol. The van der Waals surface area contributed by atoms with Crippen LogP contribution in [0.4, 0.5) is 0 Å². The van der Waals surface area contributed by atoms with Gasteiger partial charge in [-0.2, -0.15) is 0 Å². The molecule has 32 heavy (non-hydrogen) atoms. The Morgan fingerprint density at radius 2 is 1.97 bits per heavy atom. The Bertz CT molecular complexity index is 1310. The average Bonchev–Trinajstić information content (AvgIpc) is 2.93. The number of fused-ring (bicyclic) bond motifs is 3. The van der Waals surface area contributed by atoms with Gasteiger partial charge < -0.3 is 14.6 Å². The Balaban J connectivity index is 0.00000245. The molecule has 0 fully saturated rings. The van der Waals surface area contributed by atoms with E-state index in [4.69, 9.17) is 21.3 Å². The maximum atomic E-state index is 12.8. The van der Waals surface area contributed by atoms with Crippen LogP contribution in [-0.4, -0.2) is 20.7 Å². The zero-order chi connectivity index (χ0) is 21.4. The second kappa shape index (κ2) is 9.36. The van der Waals surface area contributed by atoms with Gasteiger partial charge in [-0.25, -0.2) is 4.98 Å². The van der Waals surface area contributed by atoms with E-state index in [1.54, 1.807) is 16.8 Å². The Morgan fingerprint density at radius 3 is 2.75 bits per heavy atom. The molecule has 0 saturated carbocycles. The van der Waals surface area contributed by atoms with Gasteiger partial charge in [0.2, 0.25) is 0 Å². The number of halogens is 2.